The number of hydrogen-bond acceptors (Lipinski definition) is 8. The van der Waals surface area contributed by atoms with Gasteiger partial charge in [0.05, 0.1) is 25.4 Å². The van der Waals surface area contributed by atoms with Crippen molar-refractivity contribution in [3.05, 3.63) is 109 Å². The topological polar surface area (TPSA) is 149 Å². The van der Waals surface area contributed by atoms with Gasteiger partial charge >= 0.3 is 0 Å². The SMILES string of the molecule is CC/C=C\C/C=C\C/C=C\C/C=C\C/C=C\C/C=C\CCCCCCCCCCCCCCCCC(=O)NC(COC1OC(CO)C(O)C(O)C1O)C(O)/C=C/CC/C=C/CC/C=C/CCCCCCCCCCCCCCCCCCCCCCCCC. The summed E-state index contributed by atoms with van der Waals surface area (Å²) in [4.78, 5) is 13.1. The molecule has 1 heterocycles. The maximum atomic E-state index is 13.1. The molecule has 1 aliphatic heterocycles. The second kappa shape index (κ2) is 67.7. The van der Waals surface area contributed by atoms with E-state index in [1.165, 1.54) is 231 Å². The fourth-order valence-corrected chi connectivity index (χ4v) is 11.5. The summed E-state index contributed by atoms with van der Waals surface area (Å²) in [6.07, 6.45) is 93.6. The highest BCUT2D eigenvalue weighted by Crippen LogP contribution is 2.23. The van der Waals surface area contributed by atoms with Crippen molar-refractivity contribution in [1.29, 1.82) is 0 Å². The molecule has 0 saturated carbocycles. The van der Waals surface area contributed by atoms with Gasteiger partial charge in [0.2, 0.25) is 5.91 Å². The maximum absolute atomic E-state index is 13.1. The molecule has 7 atom stereocenters. The first kappa shape index (κ1) is 83.9. The third-order valence-electron chi connectivity index (χ3n) is 17.3. The van der Waals surface area contributed by atoms with Crippen LogP contribution in [0.5, 0.6) is 0 Å². The van der Waals surface area contributed by atoms with E-state index < -0.39 is 49.5 Å². The highest BCUT2D eigenvalue weighted by atomic mass is 16.7. The Morgan fingerprint density at radius 3 is 1.08 bits per heavy atom. The lowest BCUT2D eigenvalue weighted by Crippen LogP contribution is -2.60. The van der Waals surface area contributed by atoms with E-state index in [0.29, 0.717) is 6.42 Å². The molecule has 1 saturated heterocycles. The lowest BCUT2D eigenvalue weighted by molar-refractivity contribution is -0.302. The van der Waals surface area contributed by atoms with Gasteiger partial charge in [-0.1, -0.05) is 342 Å². The molecule has 0 bridgehead atoms. The summed E-state index contributed by atoms with van der Waals surface area (Å²) in [7, 11) is 0. The van der Waals surface area contributed by atoms with Crippen molar-refractivity contribution in [2.45, 2.75) is 378 Å². The van der Waals surface area contributed by atoms with E-state index in [1.54, 1.807) is 6.08 Å². The highest BCUT2D eigenvalue weighted by molar-refractivity contribution is 5.76. The van der Waals surface area contributed by atoms with Crippen molar-refractivity contribution >= 4 is 5.91 Å². The van der Waals surface area contributed by atoms with Gasteiger partial charge in [-0.05, 0) is 96.3 Å². The predicted octanol–water partition coefficient (Wildman–Crippen LogP) is 21.2. The number of aliphatic hydroxyl groups excluding tert-OH is 5. The number of ether oxygens (including phenoxy) is 2. The first-order valence-electron chi connectivity index (χ1n) is 37.6. The summed E-state index contributed by atoms with van der Waals surface area (Å²) >= 11 is 0. The van der Waals surface area contributed by atoms with E-state index in [9.17, 15) is 30.3 Å². The zero-order valence-electron chi connectivity index (χ0n) is 57.7. The third kappa shape index (κ3) is 56.1. The van der Waals surface area contributed by atoms with E-state index in [4.69, 9.17) is 9.47 Å². The van der Waals surface area contributed by atoms with Crippen LogP contribution in [0.25, 0.3) is 0 Å². The number of hydrogen-bond donors (Lipinski definition) is 6. The molecule has 0 aromatic rings. The van der Waals surface area contributed by atoms with Crippen LogP contribution in [-0.4, -0.2) is 87.5 Å². The first-order valence-corrected chi connectivity index (χ1v) is 37.6. The van der Waals surface area contributed by atoms with Crippen LogP contribution >= 0.6 is 0 Å². The molecule has 7 unspecified atom stereocenters. The minimum absolute atomic E-state index is 0.192. The van der Waals surface area contributed by atoms with Crippen LogP contribution in [-0.2, 0) is 14.3 Å². The smallest absolute Gasteiger partial charge is 0.220 e. The lowest BCUT2D eigenvalue weighted by atomic mass is 9.99. The van der Waals surface area contributed by atoms with Crippen molar-refractivity contribution in [1.82, 2.24) is 5.32 Å². The molecular formula is C80H141NO8. The van der Waals surface area contributed by atoms with E-state index in [2.05, 4.69) is 116 Å². The monoisotopic (exact) mass is 1240 g/mol. The Balaban J connectivity index is 2.14. The molecule has 0 aliphatic carbocycles. The van der Waals surface area contributed by atoms with Gasteiger partial charge in [0.25, 0.3) is 0 Å². The van der Waals surface area contributed by atoms with Crippen LogP contribution in [0.1, 0.15) is 335 Å². The van der Waals surface area contributed by atoms with E-state index in [-0.39, 0.29) is 12.5 Å². The largest absolute Gasteiger partial charge is 0.394 e. The van der Waals surface area contributed by atoms with Crippen LogP contribution < -0.4 is 5.32 Å². The van der Waals surface area contributed by atoms with Crippen LogP contribution in [0.3, 0.4) is 0 Å². The summed E-state index contributed by atoms with van der Waals surface area (Å²) in [5.41, 5.74) is 0. The summed E-state index contributed by atoms with van der Waals surface area (Å²) in [6.45, 7) is 3.68. The standard InChI is InChI=1S/C80H141NO8/c1-3-5-7-9-11-13-15-17-19-21-23-25-27-29-31-33-35-37-39-41-43-45-47-49-51-53-55-57-59-61-63-65-67-69-74(83)73(72-88-80-79(87)78(86)77(85)75(71-82)89-80)81-76(84)70-68-66-64-62-60-58-56-54-52-50-48-46-44-42-40-38-36-34-32-30-28-26-24-22-20-18-16-14-12-10-8-6-4-2/h6,8,12,14,18,20,24,26,30,32,36,38,51,53,59,61,67,69,73-75,77-80,82-83,85-87H,3-5,7,9-11,13,15-17,19,21-23,25,27-29,31,33-35,37,39-50,52,54-58,60,62-66,68,70-72H2,1-2H3,(H,81,84)/b8-6-,14-12-,20-18-,26-24-,32-30-,38-36-,53-51+,61-59+,69-67+. The molecule has 1 amide bonds. The second-order valence-electron chi connectivity index (χ2n) is 25.7. The third-order valence-corrected chi connectivity index (χ3v) is 17.3. The average Bonchev–Trinajstić information content (AvgIpc) is 2.28. The Labute approximate surface area is 548 Å². The number of rotatable bonds is 65. The maximum Gasteiger partial charge on any atom is 0.220 e. The molecular weight excluding hydrogens is 1100 g/mol. The molecule has 0 spiro atoms. The van der Waals surface area contributed by atoms with E-state index in [0.717, 1.165) is 83.5 Å². The number of carbonyl (C=O) groups excluding carboxylic acids is 1. The molecule has 89 heavy (non-hydrogen) atoms. The van der Waals surface area contributed by atoms with Gasteiger partial charge in [-0.15, -0.1) is 0 Å². The number of allylic oxidation sites excluding steroid dienone is 17. The minimum Gasteiger partial charge on any atom is -0.394 e. The Bertz CT molecular complexity index is 1780. The molecule has 1 fully saturated rings. The fraction of sp³-hybridized carbons (Fsp3) is 0.762. The molecule has 9 heteroatoms. The number of unbranched alkanes of at least 4 members (excludes halogenated alkanes) is 39. The number of amides is 1. The molecule has 0 aromatic heterocycles. The Kier molecular flexibility index (Phi) is 63.8. The highest BCUT2D eigenvalue weighted by Gasteiger charge is 2.44. The van der Waals surface area contributed by atoms with Crippen LogP contribution in [0, 0.1) is 0 Å². The molecule has 9 nitrogen and oxygen atoms in total. The average molecular weight is 1250 g/mol. The molecule has 1 aliphatic rings. The summed E-state index contributed by atoms with van der Waals surface area (Å²) in [5.74, 6) is -0.192. The summed E-state index contributed by atoms with van der Waals surface area (Å²) in [6, 6.07) is -0.837. The Hall–Kier alpha value is -3.15. The quantitative estimate of drug-likeness (QED) is 0.0261. The number of nitrogens with one attached hydrogen (secondary N) is 1. The van der Waals surface area contributed by atoms with Gasteiger partial charge in [-0.3, -0.25) is 4.79 Å². The van der Waals surface area contributed by atoms with Crippen LogP contribution in [0.4, 0.5) is 0 Å². The Morgan fingerprint density at radius 1 is 0.393 bits per heavy atom. The first-order chi connectivity index (χ1) is 43.8. The van der Waals surface area contributed by atoms with Gasteiger partial charge in [-0.25, -0.2) is 0 Å². The molecule has 1 rings (SSSR count). The van der Waals surface area contributed by atoms with Gasteiger partial charge < -0.3 is 40.3 Å². The molecule has 0 radical (unpaired) electrons. The summed E-state index contributed by atoms with van der Waals surface area (Å²) in [5, 5.41) is 54.8. The van der Waals surface area contributed by atoms with Crippen molar-refractivity contribution < 1.29 is 39.8 Å². The predicted molar refractivity (Wildman–Crippen MR) is 382 cm³/mol. The van der Waals surface area contributed by atoms with Crippen LogP contribution in [0.15, 0.2) is 109 Å². The number of carbonyl (C=O) groups is 1. The molecule has 6 N–H and O–H groups in total. The lowest BCUT2D eigenvalue weighted by Gasteiger charge is -2.40. The van der Waals surface area contributed by atoms with E-state index >= 15 is 0 Å². The number of aliphatic hydroxyl groups is 5. The fourth-order valence-electron chi connectivity index (χ4n) is 11.5. The van der Waals surface area contributed by atoms with Gasteiger partial charge in [0.15, 0.2) is 6.29 Å². The second-order valence-corrected chi connectivity index (χ2v) is 25.7. The van der Waals surface area contributed by atoms with E-state index in [1.807, 2.05) is 6.08 Å². The van der Waals surface area contributed by atoms with Gasteiger partial charge in [0, 0.05) is 6.42 Å². The minimum atomic E-state index is -1.58. The van der Waals surface area contributed by atoms with Crippen molar-refractivity contribution in [3.8, 4) is 0 Å². The summed E-state index contributed by atoms with van der Waals surface area (Å²) < 4.78 is 11.3. The zero-order chi connectivity index (χ0) is 64.2. The van der Waals surface area contributed by atoms with Crippen LogP contribution in [0.2, 0.25) is 0 Å². The van der Waals surface area contributed by atoms with Gasteiger partial charge in [-0.2, -0.15) is 0 Å². The zero-order valence-corrected chi connectivity index (χ0v) is 57.7. The molecule has 0 aromatic carbocycles. The molecule has 514 valence electrons. The normalized spacial score (nSPS) is 18.5. The van der Waals surface area contributed by atoms with Crippen molar-refractivity contribution in [2.24, 2.45) is 0 Å². The Morgan fingerprint density at radius 2 is 0.708 bits per heavy atom. The van der Waals surface area contributed by atoms with Crippen molar-refractivity contribution in [3.63, 3.8) is 0 Å². The van der Waals surface area contributed by atoms with Crippen molar-refractivity contribution in [2.75, 3.05) is 13.2 Å². The van der Waals surface area contributed by atoms with Gasteiger partial charge in [0.1, 0.15) is 24.4 Å².